The first-order chi connectivity index (χ1) is 13.3. The summed E-state index contributed by atoms with van der Waals surface area (Å²) in [4.78, 5) is 34.2. The molecule has 0 fully saturated rings. The highest BCUT2D eigenvalue weighted by Crippen LogP contribution is 2.23. The monoisotopic (exact) mass is 419 g/mol. The predicted molar refractivity (Wildman–Crippen MR) is 104 cm³/mol. The van der Waals surface area contributed by atoms with Gasteiger partial charge in [-0.15, -0.1) is 0 Å². The first-order valence-electron chi connectivity index (χ1n) is 7.75. The number of nitro groups is 1. The summed E-state index contributed by atoms with van der Waals surface area (Å²) in [5.41, 5.74) is 1.15. The zero-order valence-corrected chi connectivity index (χ0v) is 15.5. The molecule has 0 radical (unpaired) electrons. The first kappa shape index (κ1) is 19.4. The smallest absolute Gasteiger partial charge is 0.395 e. The SMILES string of the molecule is O=C(Nc1ccc(NC(=O)c2ccc(Cl)cc2Cl)cc1)c1ccc([N+](=O)[O-])o1. The molecule has 142 valence electrons. The molecule has 2 aromatic carbocycles. The van der Waals surface area contributed by atoms with Gasteiger partial charge in [0.05, 0.1) is 16.7 Å². The fourth-order valence-electron chi connectivity index (χ4n) is 2.25. The van der Waals surface area contributed by atoms with Crippen molar-refractivity contribution in [2.45, 2.75) is 0 Å². The van der Waals surface area contributed by atoms with Crippen LogP contribution in [0.3, 0.4) is 0 Å². The molecule has 2 N–H and O–H groups in total. The van der Waals surface area contributed by atoms with E-state index in [2.05, 4.69) is 10.6 Å². The Morgan fingerprint density at radius 1 is 0.893 bits per heavy atom. The molecule has 2 amide bonds. The summed E-state index contributed by atoms with van der Waals surface area (Å²) in [7, 11) is 0. The molecule has 0 aliphatic heterocycles. The molecule has 1 aromatic heterocycles. The number of amides is 2. The van der Waals surface area contributed by atoms with Gasteiger partial charge in [0.25, 0.3) is 11.8 Å². The van der Waals surface area contributed by atoms with Crippen LogP contribution in [0.1, 0.15) is 20.9 Å². The van der Waals surface area contributed by atoms with E-state index in [0.717, 1.165) is 6.07 Å². The van der Waals surface area contributed by atoms with E-state index in [9.17, 15) is 19.7 Å². The van der Waals surface area contributed by atoms with E-state index in [1.54, 1.807) is 30.3 Å². The van der Waals surface area contributed by atoms with Crippen LogP contribution in [-0.4, -0.2) is 16.7 Å². The lowest BCUT2D eigenvalue weighted by atomic mass is 10.2. The Morgan fingerprint density at radius 3 is 2.04 bits per heavy atom. The predicted octanol–water partition coefficient (Wildman–Crippen LogP) is 5.00. The van der Waals surface area contributed by atoms with Gasteiger partial charge >= 0.3 is 5.88 Å². The molecule has 0 aliphatic carbocycles. The summed E-state index contributed by atoms with van der Waals surface area (Å²) in [6.45, 7) is 0. The number of anilines is 2. The molecule has 0 bridgehead atoms. The standard InChI is InChI=1S/C18H11Cl2N3O5/c19-10-1-6-13(14(20)9-10)17(24)21-11-2-4-12(5-3-11)22-18(25)15-7-8-16(28-15)23(26)27/h1-9H,(H,21,24)(H,22,25). The number of rotatable bonds is 5. The molecule has 0 spiro atoms. The van der Waals surface area contributed by atoms with Crippen molar-refractivity contribution in [3.05, 3.63) is 86.1 Å². The summed E-state index contributed by atoms with van der Waals surface area (Å²) < 4.78 is 4.83. The van der Waals surface area contributed by atoms with Crippen LogP contribution >= 0.6 is 23.2 Å². The number of furan rings is 1. The Kier molecular flexibility index (Phi) is 5.62. The third-order valence-corrected chi connectivity index (χ3v) is 4.12. The molecule has 1 heterocycles. The number of hydrogen-bond donors (Lipinski definition) is 2. The van der Waals surface area contributed by atoms with E-state index in [0.29, 0.717) is 16.4 Å². The largest absolute Gasteiger partial charge is 0.433 e. The molecule has 0 saturated heterocycles. The quantitative estimate of drug-likeness (QED) is 0.445. The number of nitrogens with one attached hydrogen (secondary N) is 2. The second kappa shape index (κ2) is 8.12. The second-order valence-electron chi connectivity index (χ2n) is 5.50. The zero-order valence-electron chi connectivity index (χ0n) is 13.9. The van der Waals surface area contributed by atoms with Gasteiger partial charge in [0.2, 0.25) is 0 Å². The number of carbonyl (C=O) groups is 2. The molecule has 3 aromatic rings. The van der Waals surface area contributed by atoms with E-state index in [1.807, 2.05) is 0 Å². The minimum atomic E-state index is -0.735. The molecule has 0 saturated carbocycles. The summed E-state index contributed by atoms with van der Waals surface area (Å²) in [5.74, 6) is -1.77. The normalized spacial score (nSPS) is 10.4. The van der Waals surface area contributed by atoms with Crippen LogP contribution in [0.15, 0.2) is 59.0 Å². The van der Waals surface area contributed by atoms with Crippen LogP contribution in [0, 0.1) is 10.1 Å². The number of hydrogen-bond acceptors (Lipinski definition) is 5. The highest BCUT2D eigenvalue weighted by atomic mass is 35.5. The van der Waals surface area contributed by atoms with Crippen molar-refractivity contribution in [1.29, 1.82) is 0 Å². The van der Waals surface area contributed by atoms with Crippen LogP contribution in [-0.2, 0) is 0 Å². The third-order valence-electron chi connectivity index (χ3n) is 3.57. The summed E-state index contributed by atoms with van der Waals surface area (Å²) >= 11 is 11.8. The van der Waals surface area contributed by atoms with Crippen molar-refractivity contribution in [3.8, 4) is 0 Å². The molecule has 0 aliphatic rings. The van der Waals surface area contributed by atoms with Crippen LogP contribution in [0.2, 0.25) is 10.0 Å². The summed E-state index contributed by atoms with van der Waals surface area (Å²) in [6, 6.07) is 13.1. The van der Waals surface area contributed by atoms with Gasteiger partial charge in [0, 0.05) is 16.4 Å². The van der Waals surface area contributed by atoms with Gasteiger partial charge in [-0.05, 0) is 48.5 Å². The lowest BCUT2D eigenvalue weighted by Gasteiger charge is -2.08. The van der Waals surface area contributed by atoms with Gasteiger partial charge in [-0.1, -0.05) is 23.2 Å². The molecule has 3 rings (SSSR count). The van der Waals surface area contributed by atoms with Gasteiger partial charge in [0.15, 0.2) is 5.76 Å². The third kappa shape index (κ3) is 4.48. The molecule has 28 heavy (non-hydrogen) atoms. The van der Waals surface area contributed by atoms with E-state index < -0.39 is 22.6 Å². The van der Waals surface area contributed by atoms with Crippen LogP contribution < -0.4 is 10.6 Å². The average Bonchev–Trinajstić information content (AvgIpc) is 3.14. The molecule has 10 heteroatoms. The van der Waals surface area contributed by atoms with E-state index in [4.69, 9.17) is 27.6 Å². The average molecular weight is 420 g/mol. The minimum absolute atomic E-state index is 0.193. The Hall–Kier alpha value is -3.36. The van der Waals surface area contributed by atoms with Crippen molar-refractivity contribution in [3.63, 3.8) is 0 Å². The van der Waals surface area contributed by atoms with Crippen molar-refractivity contribution < 1.29 is 18.9 Å². The van der Waals surface area contributed by atoms with Crippen LogP contribution in [0.4, 0.5) is 17.3 Å². The molecule has 0 unspecified atom stereocenters. The van der Waals surface area contributed by atoms with Crippen LogP contribution in [0.25, 0.3) is 0 Å². The maximum absolute atomic E-state index is 12.3. The van der Waals surface area contributed by atoms with Crippen molar-refractivity contribution in [1.82, 2.24) is 0 Å². The fraction of sp³-hybridized carbons (Fsp3) is 0. The van der Waals surface area contributed by atoms with Gasteiger partial charge in [-0.2, -0.15) is 0 Å². The zero-order chi connectivity index (χ0) is 20.3. The molecule has 8 nitrogen and oxygen atoms in total. The topological polar surface area (TPSA) is 114 Å². The summed E-state index contributed by atoms with van der Waals surface area (Å²) in [6.07, 6.45) is 0. The lowest BCUT2D eigenvalue weighted by molar-refractivity contribution is -0.402. The first-order valence-corrected chi connectivity index (χ1v) is 8.51. The fourth-order valence-corrected chi connectivity index (χ4v) is 2.74. The molecule has 0 atom stereocenters. The maximum atomic E-state index is 12.3. The van der Waals surface area contributed by atoms with Crippen molar-refractivity contribution in [2.75, 3.05) is 10.6 Å². The summed E-state index contributed by atoms with van der Waals surface area (Å²) in [5, 5.41) is 16.4. The second-order valence-corrected chi connectivity index (χ2v) is 6.35. The molecular weight excluding hydrogens is 409 g/mol. The highest BCUT2D eigenvalue weighted by Gasteiger charge is 2.17. The van der Waals surface area contributed by atoms with Gasteiger partial charge in [-0.25, -0.2) is 0 Å². The number of benzene rings is 2. The van der Waals surface area contributed by atoms with Gasteiger partial charge < -0.3 is 15.1 Å². The van der Waals surface area contributed by atoms with E-state index >= 15 is 0 Å². The molecular formula is C18H11Cl2N3O5. The Balaban J connectivity index is 1.65. The van der Waals surface area contributed by atoms with Gasteiger partial charge in [-0.3, -0.25) is 19.7 Å². The number of carbonyl (C=O) groups excluding carboxylic acids is 2. The Morgan fingerprint density at radius 2 is 1.50 bits per heavy atom. The van der Waals surface area contributed by atoms with Crippen molar-refractivity contribution in [2.24, 2.45) is 0 Å². The van der Waals surface area contributed by atoms with E-state index in [-0.39, 0.29) is 16.3 Å². The minimum Gasteiger partial charge on any atom is -0.395 e. The number of halogens is 2. The lowest BCUT2D eigenvalue weighted by Crippen LogP contribution is -2.13. The number of nitrogens with zero attached hydrogens (tertiary/aromatic N) is 1. The Labute approximate surface area is 168 Å². The Bertz CT molecular complexity index is 1060. The van der Waals surface area contributed by atoms with Gasteiger partial charge in [0.1, 0.15) is 4.92 Å². The van der Waals surface area contributed by atoms with E-state index in [1.165, 1.54) is 18.2 Å². The van der Waals surface area contributed by atoms with Crippen LogP contribution in [0.5, 0.6) is 0 Å². The maximum Gasteiger partial charge on any atom is 0.433 e. The van der Waals surface area contributed by atoms with Crippen molar-refractivity contribution >= 4 is 52.3 Å². The highest BCUT2D eigenvalue weighted by molar-refractivity contribution is 6.37.